The van der Waals surface area contributed by atoms with E-state index in [1.54, 1.807) is 32.9 Å². The van der Waals surface area contributed by atoms with E-state index < -0.39 is 10.5 Å². The second-order valence-corrected chi connectivity index (χ2v) is 4.48. The normalized spacial score (nSPS) is 12.6. The Balaban J connectivity index is 3.07. The fraction of sp³-hybridized carbons (Fsp3) is 0.364. The summed E-state index contributed by atoms with van der Waals surface area (Å²) in [6.07, 6.45) is 1.35. The van der Waals surface area contributed by atoms with E-state index in [0.29, 0.717) is 5.56 Å². The minimum absolute atomic E-state index is 0.0175. The van der Waals surface area contributed by atoms with Gasteiger partial charge in [0.15, 0.2) is 11.8 Å². The second-order valence-electron chi connectivity index (χ2n) is 4.48. The number of non-ortho nitro benzene ring substituents is 1. The highest BCUT2D eigenvalue weighted by Gasteiger charge is 2.18. The summed E-state index contributed by atoms with van der Waals surface area (Å²) in [7, 11) is 0. The van der Waals surface area contributed by atoms with Crippen LogP contribution in [-0.4, -0.2) is 21.4 Å². The van der Waals surface area contributed by atoms with Crippen LogP contribution in [0.25, 0.3) is 0 Å². The molecule has 0 aromatic heterocycles. The molecule has 0 spiro atoms. The first-order chi connectivity index (χ1) is 7.30. The van der Waals surface area contributed by atoms with E-state index >= 15 is 0 Å². The van der Waals surface area contributed by atoms with Crippen molar-refractivity contribution in [1.29, 1.82) is 0 Å². The zero-order valence-corrected chi connectivity index (χ0v) is 9.51. The van der Waals surface area contributed by atoms with Gasteiger partial charge in [-0.1, -0.05) is 6.07 Å². The molecule has 0 saturated carbocycles. The van der Waals surface area contributed by atoms with Gasteiger partial charge in [0.2, 0.25) is 0 Å². The molecule has 1 aromatic carbocycles. The minimum Gasteiger partial charge on any atom is -0.623 e. The Labute approximate surface area is 93.8 Å². The van der Waals surface area contributed by atoms with Gasteiger partial charge in [0.1, 0.15) is 0 Å². The number of nitrogens with zero attached hydrogens (tertiary/aromatic N) is 2. The highest BCUT2D eigenvalue weighted by Crippen LogP contribution is 2.12. The monoisotopic (exact) mass is 222 g/mol. The lowest BCUT2D eigenvalue weighted by molar-refractivity contribution is -0.530. The van der Waals surface area contributed by atoms with Crippen molar-refractivity contribution in [2.75, 3.05) is 0 Å². The molecule has 1 rings (SSSR count). The second kappa shape index (κ2) is 4.30. The van der Waals surface area contributed by atoms with E-state index in [1.165, 1.54) is 18.3 Å². The van der Waals surface area contributed by atoms with Crippen LogP contribution in [0, 0.1) is 15.3 Å². The van der Waals surface area contributed by atoms with Crippen molar-refractivity contribution in [2.24, 2.45) is 0 Å². The first-order valence-electron chi connectivity index (χ1n) is 4.86. The van der Waals surface area contributed by atoms with Crippen LogP contribution < -0.4 is 0 Å². The summed E-state index contributed by atoms with van der Waals surface area (Å²) >= 11 is 0. The molecule has 5 heteroatoms. The zero-order valence-electron chi connectivity index (χ0n) is 9.51. The largest absolute Gasteiger partial charge is 0.623 e. The highest BCUT2D eigenvalue weighted by molar-refractivity contribution is 5.77. The van der Waals surface area contributed by atoms with Crippen molar-refractivity contribution in [1.82, 2.24) is 0 Å². The molecular weight excluding hydrogens is 208 g/mol. The smallest absolute Gasteiger partial charge is 0.270 e. The first-order valence-corrected chi connectivity index (χ1v) is 4.86. The van der Waals surface area contributed by atoms with Gasteiger partial charge in [-0.15, -0.1) is 0 Å². The Kier molecular flexibility index (Phi) is 3.27. The number of hydroxylamine groups is 1. The molecule has 0 aliphatic carbocycles. The van der Waals surface area contributed by atoms with Crippen LogP contribution in [0.1, 0.15) is 26.3 Å². The van der Waals surface area contributed by atoms with E-state index in [4.69, 9.17) is 0 Å². The molecule has 86 valence electrons. The maximum absolute atomic E-state index is 11.6. The van der Waals surface area contributed by atoms with Gasteiger partial charge < -0.3 is 5.21 Å². The van der Waals surface area contributed by atoms with Crippen molar-refractivity contribution in [3.05, 3.63) is 45.2 Å². The number of hydrogen-bond acceptors (Lipinski definition) is 3. The maximum Gasteiger partial charge on any atom is 0.270 e. The zero-order chi connectivity index (χ0) is 12.3. The van der Waals surface area contributed by atoms with Gasteiger partial charge in [0.25, 0.3) is 5.69 Å². The van der Waals surface area contributed by atoms with Crippen molar-refractivity contribution >= 4 is 11.9 Å². The summed E-state index contributed by atoms with van der Waals surface area (Å²) in [5.74, 6) is 0. The van der Waals surface area contributed by atoms with Gasteiger partial charge in [-0.3, -0.25) is 10.1 Å². The quantitative estimate of drug-likeness (QED) is 0.253. The maximum atomic E-state index is 11.6. The summed E-state index contributed by atoms with van der Waals surface area (Å²) in [5.41, 5.74) is -0.0415. The van der Waals surface area contributed by atoms with Crippen LogP contribution in [0.15, 0.2) is 24.3 Å². The highest BCUT2D eigenvalue weighted by atomic mass is 16.6. The van der Waals surface area contributed by atoms with Gasteiger partial charge in [-0.2, -0.15) is 0 Å². The predicted molar refractivity (Wildman–Crippen MR) is 61.6 cm³/mol. The van der Waals surface area contributed by atoms with Crippen LogP contribution in [0.5, 0.6) is 0 Å². The Hall–Kier alpha value is -1.91. The third-order valence-corrected chi connectivity index (χ3v) is 2.01. The molecule has 0 radical (unpaired) electrons. The SMILES string of the molecule is CC(C)(C)/[N+]([O-])=C/c1cccc([N+](=O)[O-])c1. The third-order valence-electron chi connectivity index (χ3n) is 2.01. The number of rotatable bonds is 2. The fourth-order valence-corrected chi connectivity index (χ4v) is 1.05. The van der Waals surface area contributed by atoms with Gasteiger partial charge in [0, 0.05) is 38.5 Å². The van der Waals surface area contributed by atoms with Crippen LogP contribution >= 0.6 is 0 Å². The van der Waals surface area contributed by atoms with Crippen LogP contribution in [0.4, 0.5) is 5.69 Å². The predicted octanol–water partition coefficient (Wildman–Crippen LogP) is 2.32. The first kappa shape index (κ1) is 12.2. The van der Waals surface area contributed by atoms with Gasteiger partial charge in [-0.25, -0.2) is 4.74 Å². The van der Waals surface area contributed by atoms with Gasteiger partial charge in [-0.05, 0) is 6.07 Å². The Morgan fingerprint density at radius 3 is 2.38 bits per heavy atom. The molecule has 1 aromatic rings. The standard InChI is InChI=1S/C11H14N2O3/c1-11(2,3)12(14)8-9-5-4-6-10(7-9)13(15)16/h4-8H,1-3H3/b12-8-. The summed E-state index contributed by atoms with van der Waals surface area (Å²) < 4.78 is 0.784. The number of hydrogen-bond donors (Lipinski definition) is 0. The van der Waals surface area contributed by atoms with Crippen molar-refractivity contribution in [3.63, 3.8) is 0 Å². The molecule has 0 atom stereocenters. The molecule has 0 aliphatic heterocycles. The Bertz CT molecular complexity index is 433. The van der Waals surface area contributed by atoms with Crippen LogP contribution in [0.2, 0.25) is 0 Å². The Morgan fingerprint density at radius 2 is 1.88 bits per heavy atom. The summed E-state index contributed by atoms with van der Waals surface area (Å²) in [6.45, 7) is 5.32. The molecule has 0 fully saturated rings. The average molecular weight is 222 g/mol. The molecule has 0 unspecified atom stereocenters. The topological polar surface area (TPSA) is 69.2 Å². The molecule has 0 aliphatic rings. The molecule has 0 N–H and O–H groups in total. The average Bonchev–Trinajstić information content (AvgIpc) is 2.16. The van der Waals surface area contributed by atoms with E-state index in [1.807, 2.05) is 0 Å². The lowest BCUT2D eigenvalue weighted by Crippen LogP contribution is -2.29. The fourth-order valence-electron chi connectivity index (χ4n) is 1.05. The third kappa shape index (κ3) is 3.05. The summed E-state index contributed by atoms with van der Waals surface area (Å²) in [5, 5.41) is 22.1. The van der Waals surface area contributed by atoms with E-state index in [2.05, 4.69) is 0 Å². The lowest BCUT2D eigenvalue weighted by Gasteiger charge is -2.18. The Morgan fingerprint density at radius 1 is 1.25 bits per heavy atom. The number of nitro benzene ring substituents is 1. The van der Waals surface area contributed by atoms with E-state index in [0.717, 1.165) is 4.74 Å². The lowest BCUT2D eigenvalue weighted by atomic mass is 10.1. The molecular formula is C11H14N2O3. The number of nitro groups is 1. The van der Waals surface area contributed by atoms with E-state index in [-0.39, 0.29) is 5.69 Å². The van der Waals surface area contributed by atoms with Gasteiger partial charge >= 0.3 is 0 Å². The molecule has 0 heterocycles. The molecule has 16 heavy (non-hydrogen) atoms. The van der Waals surface area contributed by atoms with Crippen molar-refractivity contribution < 1.29 is 9.66 Å². The molecule has 0 saturated heterocycles. The van der Waals surface area contributed by atoms with E-state index in [9.17, 15) is 15.3 Å². The summed E-state index contributed by atoms with van der Waals surface area (Å²) in [6, 6.07) is 5.98. The molecule has 0 amide bonds. The minimum atomic E-state index is -0.551. The molecule has 5 nitrogen and oxygen atoms in total. The van der Waals surface area contributed by atoms with Crippen molar-refractivity contribution in [3.8, 4) is 0 Å². The van der Waals surface area contributed by atoms with Crippen LogP contribution in [-0.2, 0) is 0 Å². The van der Waals surface area contributed by atoms with Crippen molar-refractivity contribution in [2.45, 2.75) is 26.3 Å². The van der Waals surface area contributed by atoms with Gasteiger partial charge in [0.05, 0.1) is 4.92 Å². The molecule has 0 bridgehead atoms. The summed E-state index contributed by atoms with van der Waals surface area (Å²) in [4.78, 5) is 10.1. The van der Waals surface area contributed by atoms with Crippen LogP contribution in [0.3, 0.4) is 0 Å². The number of benzene rings is 1.